The number of carbonyl (C=O) groups excluding carboxylic acids is 2. The normalized spacial score (nSPS) is 23.2. The Balaban J connectivity index is 2.52. The molecule has 6 N–H and O–H groups in total. The first-order chi connectivity index (χ1) is 27.4. The van der Waals surface area contributed by atoms with Gasteiger partial charge in [0.1, 0.15) is 43.2 Å². The Morgan fingerprint density at radius 1 is 0.544 bits per heavy atom. The van der Waals surface area contributed by atoms with E-state index in [0.717, 1.165) is 83.5 Å². The number of allylic oxidation sites excluding steroid dienone is 8. The zero-order valence-electron chi connectivity index (χ0n) is 34.6. The summed E-state index contributed by atoms with van der Waals surface area (Å²) in [5.74, 6) is -1.14. The lowest BCUT2D eigenvalue weighted by molar-refractivity contribution is -0.220. The number of esters is 2. The quantitative estimate of drug-likeness (QED) is 0.0160. The number of unbranched alkanes of at least 4 members (excludes halogenated alkanes) is 14. The minimum atomic E-state index is -5.12. The molecule has 0 aromatic heterocycles. The number of ether oxygens (including phenoxy) is 2. The van der Waals surface area contributed by atoms with Crippen molar-refractivity contribution in [3.63, 3.8) is 0 Å². The average molecular weight is 831 g/mol. The van der Waals surface area contributed by atoms with E-state index >= 15 is 0 Å². The maximum Gasteiger partial charge on any atom is 0.472 e. The fraction of sp³-hybridized carbons (Fsp3) is 0.767. The minimum Gasteiger partial charge on any atom is -0.462 e. The van der Waals surface area contributed by atoms with Crippen LogP contribution in [0.1, 0.15) is 155 Å². The highest BCUT2D eigenvalue weighted by Gasteiger charge is 2.51. The van der Waals surface area contributed by atoms with Gasteiger partial charge in [-0.25, -0.2) is 4.57 Å². The van der Waals surface area contributed by atoms with Gasteiger partial charge in [0, 0.05) is 12.8 Å². The second-order valence-electron chi connectivity index (χ2n) is 14.8. The third kappa shape index (κ3) is 26.5. The van der Waals surface area contributed by atoms with Crippen LogP contribution in [0.15, 0.2) is 48.6 Å². The summed E-state index contributed by atoms with van der Waals surface area (Å²) in [6, 6.07) is 0. The molecule has 0 aromatic rings. The number of phosphoric ester groups is 1. The molecule has 330 valence electrons. The fourth-order valence-electron chi connectivity index (χ4n) is 6.10. The first kappa shape index (κ1) is 52.8. The van der Waals surface area contributed by atoms with Crippen LogP contribution in [-0.2, 0) is 32.7 Å². The van der Waals surface area contributed by atoms with E-state index in [1.807, 2.05) is 0 Å². The zero-order chi connectivity index (χ0) is 42.2. The molecule has 1 aliphatic carbocycles. The topological polar surface area (TPSA) is 210 Å². The smallest absolute Gasteiger partial charge is 0.462 e. The summed E-state index contributed by atoms with van der Waals surface area (Å²) in [5.41, 5.74) is 0. The van der Waals surface area contributed by atoms with Gasteiger partial charge < -0.3 is 39.9 Å². The van der Waals surface area contributed by atoms with Gasteiger partial charge in [0.25, 0.3) is 0 Å². The molecular weight excluding hydrogens is 755 g/mol. The van der Waals surface area contributed by atoms with Crippen LogP contribution >= 0.6 is 7.82 Å². The molecule has 13 nitrogen and oxygen atoms in total. The molecule has 0 amide bonds. The third-order valence-electron chi connectivity index (χ3n) is 9.64. The highest BCUT2D eigenvalue weighted by atomic mass is 31.2. The van der Waals surface area contributed by atoms with Gasteiger partial charge in [-0.1, -0.05) is 120 Å². The summed E-state index contributed by atoms with van der Waals surface area (Å²) < 4.78 is 33.4. The van der Waals surface area contributed by atoms with Crippen LogP contribution in [0.4, 0.5) is 0 Å². The zero-order valence-corrected chi connectivity index (χ0v) is 35.5. The largest absolute Gasteiger partial charge is 0.472 e. The molecule has 57 heavy (non-hydrogen) atoms. The number of aliphatic hydroxyl groups is 5. The first-order valence-corrected chi connectivity index (χ1v) is 22.9. The van der Waals surface area contributed by atoms with Crippen molar-refractivity contribution in [2.24, 2.45) is 0 Å². The molecule has 14 heteroatoms. The molecular formula is C43H75O13P. The Morgan fingerprint density at radius 2 is 0.965 bits per heavy atom. The Hall–Kier alpha value is -2.19. The highest BCUT2D eigenvalue weighted by molar-refractivity contribution is 7.47. The minimum absolute atomic E-state index is 0.0680. The summed E-state index contributed by atoms with van der Waals surface area (Å²) in [5, 5.41) is 50.0. The Bertz CT molecular complexity index is 1190. The van der Waals surface area contributed by atoms with Crippen molar-refractivity contribution >= 4 is 19.8 Å². The SMILES string of the molecule is CCCC/C=C\CCCCCCCC(=O)OC[C@H](COP(=O)(O)OC1C(O)C(O)C(O)[C@@H](O)C1O)OC(=O)CCCCCC/C=C\C/C=C\C/C=C\CCCCC. The van der Waals surface area contributed by atoms with Crippen molar-refractivity contribution in [2.75, 3.05) is 13.2 Å². The van der Waals surface area contributed by atoms with E-state index in [4.69, 9.17) is 18.5 Å². The van der Waals surface area contributed by atoms with Crippen molar-refractivity contribution in [2.45, 2.75) is 198 Å². The fourth-order valence-corrected chi connectivity index (χ4v) is 7.07. The molecule has 8 atom stereocenters. The van der Waals surface area contributed by atoms with Crippen molar-refractivity contribution in [3.8, 4) is 0 Å². The van der Waals surface area contributed by atoms with Gasteiger partial charge in [0.15, 0.2) is 6.10 Å². The third-order valence-corrected chi connectivity index (χ3v) is 10.6. The van der Waals surface area contributed by atoms with Gasteiger partial charge in [-0.3, -0.25) is 18.6 Å². The van der Waals surface area contributed by atoms with Gasteiger partial charge in [-0.2, -0.15) is 0 Å². The molecule has 1 saturated carbocycles. The molecule has 0 spiro atoms. The molecule has 0 heterocycles. The van der Waals surface area contributed by atoms with E-state index in [-0.39, 0.29) is 12.8 Å². The summed E-state index contributed by atoms with van der Waals surface area (Å²) >= 11 is 0. The molecule has 1 rings (SSSR count). The van der Waals surface area contributed by atoms with Gasteiger partial charge >= 0.3 is 19.8 Å². The molecule has 6 unspecified atom stereocenters. The molecule has 1 aliphatic rings. The van der Waals surface area contributed by atoms with E-state index < -0.39 is 75.7 Å². The van der Waals surface area contributed by atoms with Crippen LogP contribution in [-0.4, -0.2) is 98.3 Å². The second kappa shape index (κ2) is 33.6. The maximum absolute atomic E-state index is 12.8. The lowest BCUT2D eigenvalue weighted by atomic mass is 9.85. The molecule has 1 fully saturated rings. The summed E-state index contributed by atoms with van der Waals surface area (Å²) in [6.07, 6.45) is 24.6. The van der Waals surface area contributed by atoms with Crippen LogP contribution in [0.25, 0.3) is 0 Å². The number of phosphoric acid groups is 1. The van der Waals surface area contributed by atoms with Crippen LogP contribution in [0.3, 0.4) is 0 Å². The maximum atomic E-state index is 12.8. The summed E-state index contributed by atoms with van der Waals surface area (Å²) in [6.45, 7) is 3.18. The predicted molar refractivity (Wildman–Crippen MR) is 221 cm³/mol. The van der Waals surface area contributed by atoms with E-state index in [1.54, 1.807) is 0 Å². The van der Waals surface area contributed by atoms with Gasteiger partial charge in [0.2, 0.25) is 0 Å². The number of hydrogen-bond donors (Lipinski definition) is 6. The first-order valence-electron chi connectivity index (χ1n) is 21.4. The van der Waals surface area contributed by atoms with Gasteiger partial charge in [-0.15, -0.1) is 0 Å². The van der Waals surface area contributed by atoms with Crippen LogP contribution < -0.4 is 0 Å². The predicted octanol–water partition coefficient (Wildman–Crippen LogP) is 7.61. The number of hydrogen-bond acceptors (Lipinski definition) is 12. The van der Waals surface area contributed by atoms with Crippen molar-refractivity contribution in [1.82, 2.24) is 0 Å². The summed E-state index contributed by atoms with van der Waals surface area (Å²) in [7, 11) is -5.12. The van der Waals surface area contributed by atoms with Crippen molar-refractivity contribution in [3.05, 3.63) is 48.6 Å². The lowest BCUT2D eigenvalue weighted by Gasteiger charge is -2.41. The molecule has 0 radical (unpaired) electrons. The van der Waals surface area contributed by atoms with E-state index in [0.29, 0.717) is 12.8 Å². The van der Waals surface area contributed by atoms with Gasteiger partial charge in [-0.05, 0) is 70.6 Å². The molecule has 0 aromatic carbocycles. The van der Waals surface area contributed by atoms with E-state index in [1.165, 1.54) is 32.1 Å². The van der Waals surface area contributed by atoms with Crippen LogP contribution in [0.2, 0.25) is 0 Å². The summed E-state index contributed by atoms with van der Waals surface area (Å²) in [4.78, 5) is 35.5. The Kier molecular flexibility index (Phi) is 31.2. The monoisotopic (exact) mass is 830 g/mol. The average Bonchev–Trinajstić information content (AvgIpc) is 3.19. The molecule has 0 bridgehead atoms. The van der Waals surface area contributed by atoms with E-state index in [2.05, 4.69) is 62.5 Å². The van der Waals surface area contributed by atoms with Crippen molar-refractivity contribution < 1.29 is 63.1 Å². The van der Waals surface area contributed by atoms with Crippen LogP contribution in [0, 0.1) is 0 Å². The Labute approximate surface area is 341 Å². The number of carbonyl (C=O) groups is 2. The van der Waals surface area contributed by atoms with Gasteiger partial charge in [0.05, 0.1) is 6.61 Å². The highest BCUT2D eigenvalue weighted by Crippen LogP contribution is 2.47. The molecule has 0 saturated heterocycles. The molecule has 0 aliphatic heterocycles. The number of rotatable bonds is 34. The number of aliphatic hydroxyl groups excluding tert-OH is 5. The van der Waals surface area contributed by atoms with Crippen molar-refractivity contribution in [1.29, 1.82) is 0 Å². The lowest BCUT2D eigenvalue weighted by Crippen LogP contribution is -2.64. The second-order valence-corrected chi connectivity index (χ2v) is 16.2. The standard InChI is InChI=1S/C43H75O13P/c1-3-5-7-9-11-13-15-16-17-18-19-20-22-24-26-28-30-32-37(45)55-35(33-53-36(44)31-29-27-25-23-21-14-12-10-8-6-4-2)34-54-57(51,52)56-43-41(49)39(47)38(46)40(48)42(43)50/h10-13,16-17,19-20,35,38-43,46-50H,3-9,14-15,18,21-34H2,1-2H3,(H,51,52)/b12-10-,13-11-,17-16-,20-19-/t35-,38?,39-,40?,41?,42?,43?/m1/s1. The Morgan fingerprint density at radius 3 is 1.51 bits per heavy atom. The van der Waals surface area contributed by atoms with Crippen LogP contribution in [0.5, 0.6) is 0 Å². The van der Waals surface area contributed by atoms with E-state index in [9.17, 15) is 44.6 Å².